The molecule has 2 aliphatic heterocycles. The smallest absolute Gasteiger partial charge is 0.262 e. The van der Waals surface area contributed by atoms with E-state index in [0.29, 0.717) is 11.3 Å². The Bertz CT molecular complexity index is 1020. The van der Waals surface area contributed by atoms with Crippen molar-refractivity contribution >= 4 is 40.3 Å². The second-order valence-electron chi connectivity index (χ2n) is 7.97. The Morgan fingerprint density at radius 3 is 2.47 bits per heavy atom. The Hall–Kier alpha value is -3.13. The average Bonchev–Trinajstić information content (AvgIpc) is 3.45. The summed E-state index contributed by atoms with van der Waals surface area (Å²) < 4.78 is 0. The van der Waals surface area contributed by atoms with Crippen molar-refractivity contribution in [3.8, 4) is 0 Å². The summed E-state index contributed by atoms with van der Waals surface area (Å²) in [6.45, 7) is 3.77. The van der Waals surface area contributed by atoms with Gasteiger partial charge in [-0.1, -0.05) is 42.1 Å². The Morgan fingerprint density at radius 1 is 1.09 bits per heavy atom. The number of nitrogens with zero attached hydrogens (tertiary/aromatic N) is 2. The van der Waals surface area contributed by atoms with Gasteiger partial charge in [-0.25, -0.2) is 0 Å². The number of benzene rings is 2. The molecule has 2 aromatic carbocycles. The molecular weight excluding hydrogens is 424 g/mol. The predicted molar refractivity (Wildman–Crippen MR) is 127 cm³/mol. The number of hydrogen-bond acceptors (Lipinski definition) is 5. The molecule has 2 atom stereocenters. The number of likely N-dealkylation sites (tertiary alicyclic amines) is 1. The standard InChI is InChI=1S/C24H26N4O3S/c1-16(17-7-3-2-4-8-17)25-22(30)18-9-11-19(12-10-18)26-21(29)15-20-23(31)27-24(32-20)28-13-5-6-14-28/h2-4,7-12,16,20H,5-6,13-15H2,1H3,(H,25,30)(H,26,29)/t16-,20+/m0/s1. The molecular formula is C24H26N4O3S. The van der Waals surface area contributed by atoms with Gasteiger partial charge in [0.15, 0.2) is 5.17 Å². The minimum atomic E-state index is -0.477. The first kappa shape index (κ1) is 22.1. The molecule has 0 saturated carbocycles. The highest BCUT2D eigenvalue weighted by Crippen LogP contribution is 2.29. The van der Waals surface area contributed by atoms with Crippen molar-refractivity contribution in [1.29, 1.82) is 0 Å². The van der Waals surface area contributed by atoms with Crippen LogP contribution in [0.1, 0.15) is 48.1 Å². The normalized spacial score (nSPS) is 18.9. The molecule has 0 radical (unpaired) electrons. The monoisotopic (exact) mass is 450 g/mol. The largest absolute Gasteiger partial charge is 0.351 e. The highest BCUT2D eigenvalue weighted by atomic mass is 32.2. The molecule has 3 amide bonds. The molecule has 7 nitrogen and oxygen atoms in total. The molecule has 1 fully saturated rings. The second kappa shape index (κ2) is 9.99. The number of anilines is 1. The van der Waals surface area contributed by atoms with Crippen molar-refractivity contribution in [2.45, 2.75) is 37.5 Å². The molecule has 0 spiro atoms. The molecule has 1 saturated heterocycles. The fourth-order valence-electron chi connectivity index (χ4n) is 3.74. The van der Waals surface area contributed by atoms with Crippen LogP contribution < -0.4 is 10.6 Å². The summed E-state index contributed by atoms with van der Waals surface area (Å²) in [5, 5.41) is 6.04. The van der Waals surface area contributed by atoms with E-state index in [1.807, 2.05) is 37.3 Å². The number of rotatable bonds is 6. The lowest BCUT2D eigenvalue weighted by Crippen LogP contribution is -2.26. The minimum Gasteiger partial charge on any atom is -0.351 e. The van der Waals surface area contributed by atoms with Crippen LogP contribution in [0.2, 0.25) is 0 Å². The first-order valence-corrected chi connectivity index (χ1v) is 11.7. The summed E-state index contributed by atoms with van der Waals surface area (Å²) in [7, 11) is 0. The van der Waals surface area contributed by atoms with E-state index in [4.69, 9.17) is 0 Å². The first-order chi connectivity index (χ1) is 15.5. The van der Waals surface area contributed by atoms with E-state index in [0.717, 1.165) is 36.7 Å². The topological polar surface area (TPSA) is 90.9 Å². The summed E-state index contributed by atoms with van der Waals surface area (Å²) in [4.78, 5) is 43.4. The summed E-state index contributed by atoms with van der Waals surface area (Å²) >= 11 is 1.38. The molecule has 8 heteroatoms. The van der Waals surface area contributed by atoms with E-state index in [1.54, 1.807) is 24.3 Å². The molecule has 166 valence electrons. The van der Waals surface area contributed by atoms with E-state index >= 15 is 0 Å². The SMILES string of the molecule is C[C@H](NC(=O)c1ccc(NC(=O)C[C@H]2SC(N3CCCC3)=NC2=O)cc1)c1ccccc1. The van der Waals surface area contributed by atoms with Crippen molar-refractivity contribution in [2.75, 3.05) is 18.4 Å². The van der Waals surface area contributed by atoms with Gasteiger partial charge in [0.2, 0.25) is 5.91 Å². The van der Waals surface area contributed by atoms with Crippen molar-refractivity contribution in [1.82, 2.24) is 10.2 Å². The third kappa shape index (κ3) is 5.37. The van der Waals surface area contributed by atoms with Gasteiger partial charge in [-0.05, 0) is 49.6 Å². The van der Waals surface area contributed by atoms with Crippen LogP contribution in [0.15, 0.2) is 59.6 Å². The van der Waals surface area contributed by atoms with E-state index in [2.05, 4.69) is 20.5 Å². The van der Waals surface area contributed by atoms with Crippen LogP contribution in [0.4, 0.5) is 5.69 Å². The van der Waals surface area contributed by atoms with Crippen molar-refractivity contribution in [2.24, 2.45) is 4.99 Å². The molecule has 32 heavy (non-hydrogen) atoms. The molecule has 2 aliphatic rings. The Morgan fingerprint density at radius 2 is 1.78 bits per heavy atom. The van der Waals surface area contributed by atoms with Gasteiger partial charge in [0.25, 0.3) is 11.8 Å². The van der Waals surface area contributed by atoms with Gasteiger partial charge in [0.1, 0.15) is 5.25 Å². The maximum atomic E-state index is 12.5. The van der Waals surface area contributed by atoms with Crippen LogP contribution in [0.25, 0.3) is 0 Å². The van der Waals surface area contributed by atoms with Gasteiger partial charge in [0, 0.05) is 30.8 Å². The lowest BCUT2D eigenvalue weighted by atomic mass is 10.1. The van der Waals surface area contributed by atoms with Crippen LogP contribution in [-0.2, 0) is 9.59 Å². The lowest BCUT2D eigenvalue weighted by Gasteiger charge is -2.16. The summed E-state index contributed by atoms with van der Waals surface area (Å²) in [6.07, 6.45) is 2.29. The Kier molecular flexibility index (Phi) is 6.90. The molecule has 0 aromatic heterocycles. The Labute approximate surface area is 191 Å². The number of carbonyl (C=O) groups is 3. The molecule has 0 bridgehead atoms. The number of amides is 3. The molecule has 0 unspecified atom stereocenters. The third-order valence-electron chi connectivity index (χ3n) is 5.55. The average molecular weight is 451 g/mol. The fraction of sp³-hybridized carbons (Fsp3) is 0.333. The maximum absolute atomic E-state index is 12.5. The zero-order chi connectivity index (χ0) is 22.5. The zero-order valence-electron chi connectivity index (χ0n) is 17.9. The van der Waals surface area contributed by atoms with Gasteiger partial charge in [0.05, 0.1) is 6.04 Å². The predicted octanol–water partition coefficient (Wildman–Crippen LogP) is 3.60. The highest BCUT2D eigenvalue weighted by Gasteiger charge is 2.33. The van der Waals surface area contributed by atoms with Crippen molar-refractivity contribution < 1.29 is 14.4 Å². The zero-order valence-corrected chi connectivity index (χ0v) is 18.7. The summed E-state index contributed by atoms with van der Waals surface area (Å²) in [6, 6.07) is 16.4. The highest BCUT2D eigenvalue weighted by molar-refractivity contribution is 8.15. The van der Waals surface area contributed by atoms with Gasteiger partial charge in [-0.2, -0.15) is 4.99 Å². The number of aliphatic imine (C=N–C) groups is 1. The number of thioether (sulfide) groups is 1. The van der Waals surface area contributed by atoms with Crippen LogP contribution in [0.3, 0.4) is 0 Å². The van der Waals surface area contributed by atoms with Gasteiger partial charge < -0.3 is 15.5 Å². The van der Waals surface area contributed by atoms with Crippen LogP contribution in [-0.4, -0.2) is 46.1 Å². The second-order valence-corrected chi connectivity index (χ2v) is 9.14. The number of hydrogen-bond donors (Lipinski definition) is 2. The van der Waals surface area contributed by atoms with Crippen molar-refractivity contribution in [3.63, 3.8) is 0 Å². The Balaban J connectivity index is 1.27. The lowest BCUT2D eigenvalue weighted by molar-refractivity contribution is -0.121. The van der Waals surface area contributed by atoms with Crippen LogP contribution >= 0.6 is 11.8 Å². The van der Waals surface area contributed by atoms with E-state index in [-0.39, 0.29) is 30.2 Å². The van der Waals surface area contributed by atoms with E-state index < -0.39 is 5.25 Å². The molecule has 2 heterocycles. The van der Waals surface area contributed by atoms with Crippen LogP contribution in [0.5, 0.6) is 0 Å². The van der Waals surface area contributed by atoms with Gasteiger partial charge >= 0.3 is 0 Å². The van der Waals surface area contributed by atoms with Crippen LogP contribution in [0, 0.1) is 0 Å². The first-order valence-electron chi connectivity index (χ1n) is 10.8. The fourth-order valence-corrected chi connectivity index (χ4v) is 4.86. The number of carbonyl (C=O) groups excluding carboxylic acids is 3. The molecule has 4 rings (SSSR count). The summed E-state index contributed by atoms with van der Waals surface area (Å²) in [5.41, 5.74) is 2.12. The third-order valence-corrected chi connectivity index (χ3v) is 6.77. The molecule has 2 aromatic rings. The van der Waals surface area contributed by atoms with Crippen molar-refractivity contribution in [3.05, 3.63) is 65.7 Å². The molecule has 0 aliphatic carbocycles. The quantitative estimate of drug-likeness (QED) is 0.702. The molecule has 2 N–H and O–H groups in total. The number of nitrogens with one attached hydrogen (secondary N) is 2. The van der Waals surface area contributed by atoms with E-state index in [1.165, 1.54) is 11.8 Å². The maximum Gasteiger partial charge on any atom is 0.262 e. The van der Waals surface area contributed by atoms with Gasteiger partial charge in [-0.15, -0.1) is 0 Å². The minimum absolute atomic E-state index is 0.0706. The number of amidine groups is 1. The summed E-state index contributed by atoms with van der Waals surface area (Å²) in [5.74, 6) is -0.672. The van der Waals surface area contributed by atoms with E-state index in [9.17, 15) is 14.4 Å². The van der Waals surface area contributed by atoms with Gasteiger partial charge in [-0.3, -0.25) is 14.4 Å².